The van der Waals surface area contributed by atoms with Crippen LogP contribution in [0.15, 0.2) is 52.5 Å². The van der Waals surface area contributed by atoms with Crippen LogP contribution in [0.25, 0.3) is 0 Å². The van der Waals surface area contributed by atoms with E-state index in [0.717, 1.165) is 5.56 Å². The maximum atomic E-state index is 11.2. The molecule has 0 aliphatic rings. The Balaban J connectivity index is 2.17. The largest absolute Gasteiger partial charge is 0.278 e. The molecule has 0 bridgehead atoms. The van der Waals surface area contributed by atoms with Gasteiger partial charge >= 0.3 is 0 Å². The molecular formula is C14H13Cl2N3O2S. The predicted octanol–water partition coefficient (Wildman–Crippen LogP) is 3.48. The zero-order valence-corrected chi connectivity index (χ0v) is 13.9. The van der Waals surface area contributed by atoms with E-state index in [1.54, 1.807) is 37.3 Å². The second-order valence-electron chi connectivity index (χ2n) is 4.50. The zero-order valence-electron chi connectivity index (χ0n) is 11.5. The molecule has 8 heteroatoms. The van der Waals surface area contributed by atoms with E-state index in [2.05, 4.69) is 10.5 Å². The Labute approximate surface area is 138 Å². The van der Waals surface area contributed by atoms with Crippen LogP contribution >= 0.6 is 23.2 Å². The molecule has 0 fully saturated rings. The molecule has 116 valence electrons. The van der Waals surface area contributed by atoms with Gasteiger partial charge in [0, 0.05) is 10.6 Å². The number of anilines is 1. The van der Waals surface area contributed by atoms with Crippen LogP contribution in [0.1, 0.15) is 12.5 Å². The van der Waals surface area contributed by atoms with Crippen molar-refractivity contribution in [3.05, 3.63) is 58.1 Å². The van der Waals surface area contributed by atoms with E-state index in [1.807, 2.05) is 0 Å². The number of nitrogens with one attached hydrogen (secondary N) is 1. The van der Waals surface area contributed by atoms with Crippen molar-refractivity contribution in [2.45, 2.75) is 11.8 Å². The molecule has 0 saturated carbocycles. The summed E-state index contributed by atoms with van der Waals surface area (Å²) < 4.78 is 22.3. The topological polar surface area (TPSA) is 84.5 Å². The van der Waals surface area contributed by atoms with Gasteiger partial charge in [-0.1, -0.05) is 29.3 Å². The van der Waals surface area contributed by atoms with Gasteiger partial charge in [0.1, 0.15) is 0 Å². The Hall–Kier alpha value is -1.60. The summed E-state index contributed by atoms with van der Waals surface area (Å²) in [6, 6.07) is 11.1. The lowest BCUT2D eigenvalue weighted by Crippen LogP contribution is -2.11. The number of rotatable bonds is 4. The highest BCUT2D eigenvalue weighted by Crippen LogP contribution is 2.22. The van der Waals surface area contributed by atoms with Crippen molar-refractivity contribution in [1.29, 1.82) is 0 Å². The van der Waals surface area contributed by atoms with E-state index in [9.17, 15) is 8.42 Å². The molecule has 3 N–H and O–H groups in total. The lowest BCUT2D eigenvalue weighted by molar-refractivity contribution is 0.598. The number of halogens is 2. The van der Waals surface area contributed by atoms with E-state index in [4.69, 9.17) is 28.3 Å². The monoisotopic (exact) mass is 357 g/mol. The number of primary sulfonamides is 1. The van der Waals surface area contributed by atoms with Crippen LogP contribution in [-0.2, 0) is 10.0 Å². The smallest absolute Gasteiger partial charge is 0.238 e. The number of nitrogens with zero attached hydrogens (tertiary/aromatic N) is 1. The van der Waals surface area contributed by atoms with Crippen LogP contribution in [0, 0.1) is 0 Å². The van der Waals surface area contributed by atoms with Crippen LogP contribution in [0.5, 0.6) is 0 Å². The van der Waals surface area contributed by atoms with E-state index >= 15 is 0 Å². The summed E-state index contributed by atoms with van der Waals surface area (Å²) in [4.78, 5) is 0.0412. The maximum absolute atomic E-state index is 11.2. The fraction of sp³-hybridized carbons (Fsp3) is 0.0714. The SMILES string of the molecule is CC(=NNc1ccc(S(N)(=O)=O)cc1)c1ccc(Cl)cc1Cl. The molecule has 0 aromatic heterocycles. The first-order valence-electron chi connectivity index (χ1n) is 6.16. The quantitative estimate of drug-likeness (QED) is 0.648. The molecule has 0 unspecified atom stereocenters. The summed E-state index contributed by atoms with van der Waals surface area (Å²) in [5.74, 6) is 0. The molecule has 22 heavy (non-hydrogen) atoms. The van der Waals surface area contributed by atoms with Gasteiger partial charge < -0.3 is 0 Å². The van der Waals surface area contributed by atoms with Gasteiger partial charge in [0.2, 0.25) is 10.0 Å². The molecule has 0 heterocycles. The number of sulfonamides is 1. The van der Waals surface area contributed by atoms with E-state index in [1.165, 1.54) is 12.1 Å². The summed E-state index contributed by atoms with van der Waals surface area (Å²) in [6.45, 7) is 1.79. The number of hydrogen-bond donors (Lipinski definition) is 2. The molecule has 0 saturated heterocycles. The Bertz CT molecular complexity index is 818. The minimum atomic E-state index is -3.70. The minimum Gasteiger partial charge on any atom is -0.278 e. The predicted molar refractivity (Wildman–Crippen MR) is 90.1 cm³/mol. The normalized spacial score (nSPS) is 12.3. The Morgan fingerprint density at radius 2 is 1.77 bits per heavy atom. The molecule has 2 rings (SSSR count). The summed E-state index contributed by atoms with van der Waals surface area (Å²) in [5, 5.41) is 10.3. The van der Waals surface area contributed by atoms with Gasteiger partial charge in [0.15, 0.2) is 0 Å². The van der Waals surface area contributed by atoms with E-state index in [-0.39, 0.29) is 4.90 Å². The molecular weight excluding hydrogens is 345 g/mol. The molecule has 5 nitrogen and oxygen atoms in total. The molecule has 0 aliphatic heterocycles. The summed E-state index contributed by atoms with van der Waals surface area (Å²) in [6.07, 6.45) is 0. The van der Waals surface area contributed by atoms with Crippen molar-refractivity contribution in [3.8, 4) is 0 Å². The highest BCUT2D eigenvalue weighted by Gasteiger charge is 2.07. The van der Waals surface area contributed by atoms with Gasteiger partial charge in [-0.2, -0.15) is 5.10 Å². The van der Waals surface area contributed by atoms with Gasteiger partial charge in [0.25, 0.3) is 0 Å². The lowest BCUT2D eigenvalue weighted by Gasteiger charge is -2.06. The molecule has 0 radical (unpaired) electrons. The van der Waals surface area contributed by atoms with E-state index in [0.29, 0.717) is 21.4 Å². The van der Waals surface area contributed by atoms with Crippen molar-refractivity contribution in [2.24, 2.45) is 10.2 Å². The fourth-order valence-electron chi connectivity index (χ4n) is 1.71. The van der Waals surface area contributed by atoms with Crippen LogP contribution in [0.4, 0.5) is 5.69 Å². The fourth-order valence-corrected chi connectivity index (χ4v) is 2.77. The van der Waals surface area contributed by atoms with Gasteiger partial charge in [-0.3, -0.25) is 5.43 Å². The highest BCUT2D eigenvalue weighted by molar-refractivity contribution is 7.89. The van der Waals surface area contributed by atoms with Crippen molar-refractivity contribution in [2.75, 3.05) is 5.43 Å². The standard InChI is InChI=1S/C14H13Cl2N3O2S/c1-9(13-7-2-10(15)8-14(13)16)18-19-11-3-5-12(6-4-11)22(17,20)21/h2-8,19H,1H3,(H2,17,20,21). The Morgan fingerprint density at radius 3 is 2.32 bits per heavy atom. The van der Waals surface area contributed by atoms with E-state index < -0.39 is 10.0 Å². The van der Waals surface area contributed by atoms with Crippen molar-refractivity contribution >= 4 is 44.6 Å². The van der Waals surface area contributed by atoms with Crippen LogP contribution in [0.2, 0.25) is 10.0 Å². The second-order valence-corrected chi connectivity index (χ2v) is 6.91. The third-order valence-electron chi connectivity index (χ3n) is 2.86. The Morgan fingerprint density at radius 1 is 1.14 bits per heavy atom. The summed E-state index contributed by atoms with van der Waals surface area (Å²) in [7, 11) is -3.70. The molecule has 0 atom stereocenters. The average molecular weight is 358 g/mol. The number of hydrazone groups is 1. The minimum absolute atomic E-state index is 0.0412. The first kappa shape index (κ1) is 16.8. The first-order chi connectivity index (χ1) is 10.3. The molecule has 2 aromatic carbocycles. The summed E-state index contributed by atoms with van der Waals surface area (Å²) in [5.41, 5.74) is 4.86. The third kappa shape index (κ3) is 4.20. The maximum Gasteiger partial charge on any atom is 0.238 e. The van der Waals surface area contributed by atoms with Gasteiger partial charge in [-0.15, -0.1) is 0 Å². The van der Waals surface area contributed by atoms with Gasteiger partial charge in [0.05, 0.1) is 21.3 Å². The van der Waals surface area contributed by atoms with Crippen molar-refractivity contribution < 1.29 is 8.42 Å². The van der Waals surface area contributed by atoms with Gasteiger partial charge in [-0.25, -0.2) is 13.6 Å². The molecule has 0 amide bonds. The number of benzene rings is 2. The average Bonchev–Trinajstić information content (AvgIpc) is 2.44. The Kier molecular flexibility index (Phi) is 5.08. The molecule has 0 spiro atoms. The van der Waals surface area contributed by atoms with Crippen LogP contribution < -0.4 is 10.6 Å². The molecule has 2 aromatic rings. The number of hydrogen-bond acceptors (Lipinski definition) is 4. The van der Waals surface area contributed by atoms with Crippen LogP contribution in [0.3, 0.4) is 0 Å². The second kappa shape index (κ2) is 6.66. The third-order valence-corrected chi connectivity index (χ3v) is 4.33. The summed E-state index contributed by atoms with van der Waals surface area (Å²) >= 11 is 12.0. The first-order valence-corrected chi connectivity index (χ1v) is 8.46. The van der Waals surface area contributed by atoms with Crippen molar-refractivity contribution in [1.82, 2.24) is 0 Å². The number of nitrogens with two attached hydrogens (primary N) is 1. The molecule has 0 aliphatic carbocycles. The highest BCUT2D eigenvalue weighted by atomic mass is 35.5. The lowest BCUT2D eigenvalue weighted by atomic mass is 10.1. The van der Waals surface area contributed by atoms with Crippen LogP contribution in [-0.4, -0.2) is 14.1 Å². The zero-order chi connectivity index (χ0) is 16.3. The van der Waals surface area contributed by atoms with Gasteiger partial charge in [-0.05, 0) is 43.3 Å². The van der Waals surface area contributed by atoms with Crippen molar-refractivity contribution in [3.63, 3.8) is 0 Å².